The topological polar surface area (TPSA) is 12.0 Å². The monoisotopic (exact) mass is 237 g/mol. The van der Waals surface area contributed by atoms with E-state index in [9.17, 15) is 0 Å². The number of rotatable bonds is 4. The van der Waals surface area contributed by atoms with E-state index >= 15 is 0 Å². The Hall–Kier alpha value is -0.530. The van der Waals surface area contributed by atoms with Crippen molar-refractivity contribution >= 4 is 11.6 Å². The van der Waals surface area contributed by atoms with Gasteiger partial charge in [0.15, 0.2) is 0 Å². The lowest BCUT2D eigenvalue weighted by Crippen LogP contribution is -2.31. The second-order valence-electron chi connectivity index (χ2n) is 4.84. The zero-order valence-corrected chi connectivity index (χ0v) is 10.6. The van der Waals surface area contributed by atoms with Crippen LogP contribution in [0.2, 0.25) is 5.02 Å². The first-order valence-electron chi connectivity index (χ1n) is 6.23. The number of nitrogens with one attached hydrogen (secondary N) is 1. The molecule has 0 saturated heterocycles. The van der Waals surface area contributed by atoms with Gasteiger partial charge in [-0.1, -0.05) is 36.6 Å². The molecule has 0 aromatic heterocycles. The van der Waals surface area contributed by atoms with Gasteiger partial charge in [-0.25, -0.2) is 0 Å². The molecular formula is C14H20ClN. The van der Waals surface area contributed by atoms with E-state index < -0.39 is 0 Å². The molecule has 0 aliphatic heterocycles. The first-order valence-corrected chi connectivity index (χ1v) is 6.61. The van der Waals surface area contributed by atoms with E-state index in [1.807, 2.05) is 18.2 Å². The Balaban J connectivity index is 1.82. The Morgan fingerprint density at radius 2 is 2.12 bits per heavy atom. The maximum absolute atomic E-state index is 5.96. The smallest absolute Gasteiger partial charge is 0.0409 e. The summed E-state index contributed by atoms with van der Waals surface area (Å²) in [5.41, 5.74) is 1.28. The summed E-state index contributed by atoms with van der Waals surface area (Å²) >= 11 is 5.96. The van der Waals surface area contributed by atoms with E-state index in [0.29, 0.717) is 6.04 Å². The predicted octanol–water partition coefficient (Wildman–Crippen LogP) is 4.01. The lowest BCUT2D eigenvalue weighted by Gasteiger charge is -2.20. The SMILES string of the molecule is C[C@H](NCc1cccc(Cl)c1)C1CCCC1. The molecule has 1 saturated carbocycles. The minimum atomic E-state index is 0.626. The van der Waals surface area contributed by atoms with Crippen LogP contribution >= 0.6 is 11.6 Å². The zero-order valence-electron chi connectivity index (χ0n) is 9.88. The molecule has 1 aromatic rings. The molecule has 1 aliphatic carbocycles. The molecule has 0 unspecified atom stereocenters. The second kappa shape index (κ2) is 5.70. The highest BCUT2D eigenvalue weighted by Gasteiger charge is 2.20. The molecule has 0 bridgehead atoms. The number of halogens is 1. The molecule has 2 rings (SSSR count). The lowest BCUT2D eigenvalue weighted by molar-refractivity contribution is 0.380. The Kier molecular flexibility index (Phi) is 4.25. The molecule has 1 N–H and O–H groups in total. The highest BCUT2D eigenvalue weighted by Crippen LogP contribution is 2.27. The largest absolute Gasteiger partial charge is 0.310 e. The third kappa shape index (κ3) is 3.23. The molecule has 0 radical (unpaired) electrons. The molecule has 2 heteroatoms. The third-order valence-corrected chi connectivity index (χ3v) is 3.86. The average Bonchev–Trinajstić information content (AvgIpc) is 2.79. The Morgan fingerprint density at radius 1 is 1.38 bits per heavy atom. The normalized spacial score (nSPS) is 18.9. The van der Waals surface area contributed by atoms with Crippen molar-refractivity contribution in [2.75, 3.05) is 0 Å². The Morgan fingerprint density at radius 3 is 2.81 bits per heavy atom. The van der Waals surface area contributed by atoms with Crippen LogP contribution < -0.4 is 5.32 Å². The van der Waals surface area contributed by atoms with E-state index in [-0.39, 0.29) is 0 Å². The number of hydrogen-bond acceptors (Lipinski definition) is 1. The van der Waals surface area contributed by atoms with Gasteiger partial charge in [-0.15, -0.1) is 0 Å². The summed E-state index contributed by atoms with van der Waals surface area (Å²) in [5, 5.41) is 4.44. The van der Waals surface area contributed by atoms with Crippen LogP contribution in [0.1, 0.15) is 38.2 Å². The molecule has 1 aromatic carbocycles. The van der Waals surface area contributed by atoms with E-state index in [1.54, 1.807) is 0 Å². The summed E-state index contributed by atoms with van der Waals surface area (Å²) in [6.45, 7) is 3.23. The summed E-state index contributed by atoms with van der Waals surface area (Å²) in [6.07, 6.45) is 5.61. The van der Waals surface area contributed by atoms with E-state index in [0.717, 1.165) is 17.5 Å². The van der Waals surface area contributed by atoms with Gasteiger partial charge in [-0.3, -0.25) is 0 Å². The van der Waals surface area contributed by atoms with Crippen molar-refractivity contribution in [3.63, 3.8) is 0 Å². The van der Waals surface area contributed by atoms with Crippen LogP contribution in [0.5, 0.6) is 0 Å². The van der Waals surface area contributed by atoms with Gasteiger partial charge in [-0.2, -0.15) is 0 Å². The summed E-state index contributed by atoms with van der Waals surface area (Å²) in [4.78, 5) is 0. The first kappa shape index (κ1) is 11.9. The maximum atomic E-state index is 5.96. The molecule has 0 spiro atoms. The van der Waals surface area contributed by atoms with E-state index in [2.05, 4.69) is 18.3 Å². The van der Waals surface area contributed by atoms with Gasteiger partial charge >= 0.3 is 0 Å². The summed E-state index contributed by atoms with van der Waals surface area (Å²) < 4.78 is 0. The summed E-state index contributed by atoms with van der Waals surface area (Å²) in [6, 6.07) is 8.72. The quantitative estimate of drug-likeness (QED) is 0.835. The molecule has 1 fully saturated rings. The third-order valence-electron chi connectivity index (χ3n) is 3.62. The van der Waals surface area contributed by atoms with Crippen LogP contribution in [0, 0.1) is 5.92 Å². The molecule has 0 amide bonds. The fourth-order valence-electron chi connectivity index (χ4n) is 2.55. The van der Waals surface area contributed by atoms with Crippen molar-refractivity contribution in [3.05, 3.63) is 34.9 Å². The molecule has 1 aliphatic rings. The highest BCUT2D eigenvalue weighted by molar-refractivity contribution is 6.30. The van der Waals surface area contributed by atoms with Gasteiger partial charge in [0.1, 0.15) is 0 Å². The zero-order chi connectivity index (χ0) is 11.4. The predicted molar refractivity (Wildman–Crippen MR) is 69.7 cm³/mol. The van der Waals surface area contributed by atoms with Crippen LogP contribution in [0.15, 0.2) is 24.3 Å². The summed E-state index contributed by atoms with van der Waals surface area (Å²) in [7, 11) is 0. The van der Waals surface area contributed by atoms with Crippen molar-refractivity contribution < 1.29 is 0 Å². The van der Waals surface area contributed by atoms with Crippen molar-refractivity contribution in [1.29, 1.82) is 0 Å². The Labute approximate surface area is 103 Å². The van der Waals surface area contributed by atoms with Crippen LogP contribution in [0.25, 0.3) is 0 Å². The van der Waals surface area contributed by atoms with Gasteiger partial charge < -0.3 is 5.32 Å². The molecule has 0 heterocycles. The van der Waals surface area contributed by atoms with Gasteiger partial charge in [0.05, 0.1) is 0 Å². The minimum absolute atomic E-state index is 0.626. The van der Waals surface area contributed by atoms with E-state index in [1.165, 1.54) is 31.2 Å². The maximum Gasteiger partial charge on any atom is 0.0409 e. The fraction of sp³-hybridized carbons (Fsp3) is 0.571. The Bertz CT molecular complexity index is 331. The molecule has 1 atom stereocenters. The first-order chi connectivity index (χ1) is 7.75. The molecular weight excluding hydrogens is 218 g/mol. The second-order valence-corrected chi connectivity index (χ2v) is 5.28. The van der Waals surface area contributed by atoms with Crippen LogP contribution in [0.3, 0.4) is 0 Å². The van der Waals surface area contributed by atoms with Gasteiger partial charge in [-0.05, 0) is 43.4 Å². The highest BCUT2D eigenvalue weighted by atomic mass is 35.5. The molecule has 16 heavy (non-hydrogen) atoms. The number of benzene rings is 1. The van der Waals surface area contributed by atoms with Crippen molar-refractivity contribution in [3.8, 4) is 0 Å². The fourth-order valence-corrected chi connectivity index (χ4v) is 2.76. The minimum Gasteiger partial charge on any atom is -0.310 e. The van der Waals surface area contributed by atoms with Crippen LogP contribution in [0.4, 0.5) is 0 Å². The summed E-state index contributed by atoms with van der Waals surface area (Å²) in [5.74, 6) is 0.874. The average molecular weight is 238 g/mol. The molecule has 1 nitrogen and oxygen atoms in total. The van der Waals surface area contributed by atoms with Gasteiger partial charge in [0.25, 0.3) is 0 Å². The van der Waals surface area contributed by atoms with Gasteiger partial charge in [0, 0.05) is 17.6 Å². The van der Waals surface area contributed by atoms with Crippen molar-refractivity contribution in [2.24, 2.45) is 5.92 Å². The number of hydrogen-bond donors (Lipinski definition) is 1. The van der Waals surface area contributed by atoms with Crippen LogP contribution in [-0.2, 0) is 6.54 Å². The van der Waals surface area contributed by atoms with Crippen molar-refractivity contribution in [2.45, 2.75) is 45.2 Å². The van der Waals surface area contributed by atoms with Gasteiger partial charge in [0.2, 0.25) is 0 Å². The molecule has 88 valence electrons. The lowest BCUT2D eigenvalue weighted by atomic mass is 9.99. The standard InChI is InChI=1S/C14H20ClN/c1-11(13-6-2-3-7-13)16-10-12-5-4-8-14(15)9-12/h4-5,8-9,11,13,16H,2-3,6-7,10H2,1H3/t11-/m0/s1. The van der Waals surface area contributed by atoms with E-state index in [4.69, 9.17) is 11.6 Å². The van der Waals surface area contributed by atoms with Crippen LogP contribution in [-0.4, -0.2) is 6.04 Å². The van der Waals surface area contributed by atoms with Crippen molar-refractivity contribution in [1.82, 2.24) is 5.32 Å².